The summed E-state index contributed by atoms with van der Waals surface area (Å²) >= 11 is 3.02. The van der Waals surface area contributed by atoms with E-state index in [0.717, 1.165) is 31.5 Å². The Hall–Kier alpha value is -1.08. The molecule has 3 nitrogen and oxygen atoms in total. The number of alkyl halides is 3. The summed E-state index contributed by atoms with van der Waals surface area (Å²) < 4.78 is 38.4. The highest BCUT2D eigenvalue weighted by Crippen LogP contribution is 2.33. The molecule has 1 fully saturated rings. The number of halogens is 4. The third kappa shape index (κ3) is 3.96. The number of nitrogens with one attached hydrogen (secondary N) is 2. The van der Waals surface area contributed by atoms with Gasteiger partial charge in [-0.25, -0.2) is 0 Å². The predicted molar refractivity (Wildman–Crippen MR) is 73.4 cm³/mol. The van der Waals surface area contributed by atoms with Gasteiger partial charge < -0.3 is 10.6 Å². The van der Waals surface area contributed by atoms with E-state index in [2.05, 4.69) is 26.6 Å². The summed E-state index contributed by atoms with van der Waals surface area (Å²) in [6.45, 7) is 0.754. The smallest absolute Gasteiger partial charge is 0.325 e. The molecule has 1 atom stereocenters. The van der Waals surface area contributed by atoms with Crippen molar-refractivity contribution < 1.29 is 18.0 Å². The van der Waals surface area contributed by atoms with Gasteiger partial charge in [-0.1, -0.05) is 22.4 Å². The summed E-state index contributed by atoms with van der Waals surface area (Å²) in [7, 11) is 0. The molecule has 7 heteroatoms. The van der Waals surface area contributed by atoms with Crippen molar-refractivity contribution in [3.05, 3.63) is 28.2 Å². The molecule has 2 N–H and O–H groups in total. The molecule has 0 spiro atoms. The summed E-state index contributed by atoms with van der Waals surface area (Å²) in [6.07, 6.45) is -1.78. The van der Waals surface area contributed by atoms with Crippen LogP contribution in [0.4, 0.5) is 18.9 Å². The van der Waals surface area contributed by atoms with E-state index in [4.69, 9.17) is 0 Å². The van der Waals surface area contributed by atoms with Crippen LogP contribution in [0.25, 0.3) is 0 Å². The van der Waals surface area contributed by atoms with Crippen LogP contribution in [0.1, 0.15) is 24.8 Å². The zero-order valence-electron chi connectivity index (χ0n) is 10.6. The molecular weight excluding hydrogens is 337 g/mol. The van der Waals surface area contributed by atoms with Gasteiger partial charge in [0, 0.05) is 10.2 Å². The van der Waals surface area contributed by atoms with E-state index in [-0.39, 0.29) is 22.1 Å². The zero-order valence-corrected chi connectivity index (χ0v) is 12.1. The third-order valence-electron chi connectivity index (χ3n) is 3.12. The van der Waals surface area contributed by atoms with Crippen LogP contribution < -0.4 is 10.6 Å². The SMILES string of the molecule is O=C(Nc1cc(Br)cc(C(F)(F)F)c1)C1CCCCN1. The molecular formula is C13H14BrF3N2O. The summed E-state index contributed by atoms with van der Waals surface area (Å²) in [5.41, 5.74) is -0.650. The summed E-state index contributed by atoms with van der Waals surface area (Å²) in [5.74, 6) is -0.295. The van der Waals surface area contributed by atoms with Gasteiger partial charge >= 0.3 is 6.18 Å². The molecule has 1 aromatic rings. The lowest BCUT2D eigenvalue weighted by Gasteiger charge is -2.22. The van der Waals surface area contributed by atoms with Gasteiger partial charge in [-0.15, -0.1) is 0 Å². The minimum Gasteiger partial charge on any atom is -0.325 e. The van der Waals surface area contributed by atoms with E-state index in [1.807, 2.05) is 0 Å². The molecule has 1 unspecified atom stereocenters. The fraction of sp³-hybridized carbons (Fsp3) is 0.462. The summed E-state index contributed by atoms with van der Waals surface area (Å²) in [6, 6.07) is 3.03. The van der Waals surface area contributed by atoms with Crippen LogP contribution in [0.3, 0.4) is 0 Å². The van der Waals surface area contributed by atoms with Crippen molar-refractivity contribution in [1.82, 2.24) is 5.32 Å². The van der Waals surface area contributed by atoms with Crippen LogP contribution in [0.15, 0.2) is 22.7 Å². The molecule has 0 bridgehead atoms. The van der Waals surface area contributed by atoms with Crippen molar-refractivity contribution >= 4 is 27.5 Å². The maximum Gasteiger partial charge on any atom is 0.416 e. The first-order valence-electron chi connectivity index (χ1n) is 6.28. The lowest BCUT2D eigenvalue weighted by molar-refractivity contribution is -0.137. The Bertz CT molecular complexity index is 499. The lowest BCUT2D eigenvalue weighted by atomic mass is 10.0. The van der Waals surface area contributed by atoms with Gasteiger partial charge in [0.15, 0.2) is 0 Å². The number of piperidine rings is 1. The van der Waals surface area contributed by atoms with Gasteiger partial charge in [0.05, 0.1) is 11.6 Å². The Morgan fingerprint density at radius 3 is 2.65 bits per heavy atom. The van der Waals surface area contributed by atoms with Crippen molar-refractivity contribution in [1.29, 1.82) is 0 Å². The number of rotatable bonds is 2. The molecule has 110 valence electrons. The topological polar surface area (TPSA) is 41.1 Å². The Morgan fingerprint density at radius 1 is 1.30 bits per heavy atom. The Morgan fingerprint density at radius 2 is 2.05 bits per heavy atom. The van der Waals surface area contributed by atoms with Crippen LogP contribution in [-0.4, -0.2) is 18.5 Å². The number of benzene rings is 1. The van der Waals surface area contributed by atoms with E-state index < -0.39 is 11.7 Å². The highest BCUT2D eigenvalue weighted by atomic mass is 79.9. The summed E-state index contributed by atoms with van der Waals surface area (Å²) in [4.78, 5) is 12.0. The molecule has 1 amide bonds. The van der Waals surface area contributed by atoms with Crippen molar-refractivity contribution in [2.45, 2.75) is 31.5 Å². The van der Waals surface area contributed by atoms with Gasteiger partial charge in [0.25, 0.3) is 0 Å². The molecule has 1 saturated heterocycles. The number of hydrogen-bond donors (Lipinski definition) is 2. The van der Waals surface area contributed by atoms with Gasteiger partial charge in [0.1, 0.15) is 0 Å². The van der Waals surface area contributed by atoms with E-state index >= 15 is 0 Å². The van der Waals surface area contributed by atoms with Crippen LogP contribution in [0, 0.1) is 0 Å². The fourth-order valence-electron chi connectivity index (χ4n) is 2.13. The second-order valence-electron chi connectivity index (χ2n) is 4.72. The standard InChI is InChI=1S/C13H14BrF3N2O/c14-9-5-8(13(15,16)17)6-10(7-9)19-12(20)11-3-1-2-4-18-11/h5-7,11,18H,1-4H2,(H,19,20). The Balaban J connectivity index is 2.12. The Kier molecular flexibility index (Phi) is 4.70. The van der Waals surface area contributed by atoms with Gasteiger partial charge in [-0.2, -0.15) is 13.2 Å². The van der Waals surface area contributed by atoms with Crippen LogP contribution in [0.5, 0.6) is 0 Å². The van der Waals surface area contributed by atoms with Gasteiger partial charge in [-0.3, -0.25) is 4.79 Å². The van der Waals surface area contributed by atoms with Crippen molar-refractivity contribution in [2.24, 2.45) is 0 Å². The number of amides is 1. The fourth-order valence-corrected chi connectivity index (χ4v) is 2.62. The molecule has 20 heavy (non-hydrogen) atoms. The first kappa shape index (κ1) is 15.3. The molecule has 0 saturated carbocycles. The molecule has 1 aromatic carbocycles. The highest BCUT2D eigenvalue weighted by Gasteiger charge is 2.31. The maximum absolute atomic E-state index is 12.7. The van der Waals surface area contributed by atoms with Crippen LogP contribution >= 0.6 is 15.9 Å². The quantitative estimate of drug-likeness (QED) is 0.856. The van der Waals surface area contributed by atoms with Crippen molar-refractivity contribution in [2.75, 3.05) is 11.9 Å². The molecule has 2 rings (SSSR count). The molecule has 0 radical (unpaired) electrons. The van der Waals surface area contributed by atoms with Crippen LogP contribution in [-0.2, 0) is 11.0 Å². The first-order chi connectivity index (χ1) is 9.36. The third-order valence-corrected chi connectivity index (χ3v) is 3.58. The van der Waals surface area contributed by atoms with E-state index in [9.17, 15) is 18.0 Å². The van der Waals surface area contributed by atoms with E-state index in [1.165, 1.54) is 6.07 Å². The molecule has 0 aliphatic carbocycles. The van der Waals surface area contributed by atoms with E-state index in [1.54, 1.807) is 0 Å². The zero-order chi connectivity index (χ0) is 14.8. The normalized spacial score (nSPS) is 19.7. The van der Waals surface area contributed by atoms with Crippen LogP contribution in [0.2, 0.25) is 0 Å². The molecule has 0 aromatic heterocycles. The van der Waals surface area contributed by atoms with Gasteiger partial charge in [-0.05, 0) is 37.6 Å². The highest BCUT2D eigenvalue weighted by molar-refractivity contribution is 9.10. The number of carbonyl (C=O) groups is 1. The average Bonchev–Trinajstić information content (AvgIpc) is 2.38. The minimum absolute atomic E-state index is 0.143. The first-order valence-corrected chi connectivity index (χ1v) is 7.07. The molecule has 1 aliphatic rings. The monoisotopic (exact) mass is 350 g/mol. The average molecular weight is 351 g/mol. The second-order valence-corrected chi connectivity index (χ2v) is 5.63. The Labute approximate surface area is 123 Å². The predicted octanol–water partition coefficient (Wildman–Crippen LogP) is 3.55. The number of anilines is 1. The minimum atomic E-state index is -4.44. The molecule has 1 aliphatic heterocycles. The largest absolute Gasteiger partial charge is 0.416 e. The maximum atomic E-state index is 12.7. The lowest BCUT2D eigenvalue weighted by Crippen LogP contribution is -2.43. The van der Waals surface area contributed by atoms with E-state index in [0.29, 0.717) is 6.42 Å². The van der Waals surface area contributed by atoms with Crippen molar-refractivity contribution in [3.8, 4) is 0 Å². The number of carbonyl (C=O) groups excluding carboxylic acids is 1. The number of hydrogen-bond acceptors (Lipinski definition) is 2. The summed E-state index contributed by atoms with van der Waals surface area (Å²) in [5, 5.41) is 5.59. The van der Waals surface area contributed by atoms with Gasteiger partial charge in [0.2, 0.25) is 5.91 Å². The second kappa shape index (κ2) is 6.13. The van der Waals surface area contributed by atoms with Crippen molar-refractivity contribution in [3.63, 3.8) is 0 Å². The molecule has 1 heterocycles.